The molecule has 19 heavy (non-hydrogen) atoms. The van der Waals surface area contributed by atoms with E-state index in [-0.39, 0.29) is 0 Å². The average Bonchev–Trinajstić information content (AvgIpc) is 2.47. The predicted molar refractivity (Wildman–Crippen MR) is 80.3 cm³/mol. The van der Waals surface area contributed by atoms with Crippen LogP contribution in [0.15, 0.2) is 48.5 Å². The molecule has 1 unspecified atom stereocenters. The number of hydrogen-bond acceptors (Lipinski definition) is 3. The maximum absolute atomic E-state index is 9.28. The van der Waals surface area contributed by atoms with Gasteiger partial charge in [0, 0.05) is 24.1 Å². The Balaban J connectivity index is 1.69. The first-order chi connectivity index (χ1) is 9.33. The van der Waals surface area contributed by atoms with Gasteiger partial charge in [-0.3, -0.25) is 0 Å². The number of nitrogens with one attached hydrogen (secondary N) is 1. The molecule has 98 valence electrons. The van der Waals surface area contributed by atoms with Crippen molar-refractivity contribution in [1.82, 2.24) is 5.32 Å². The number of phenols is 1. The van der Waals surface area contributed by atoms with Gasteiger partial charge in [-0.1, -0.05) is 36.4 Å². The first-order valence-corrected chi connectivity index (χ1v) is 7.65. The lowest BCUT2D eigenvalue weighted by Crippen LogP contribution is -2.26. The van der Waals surface area contributed by atoms with Gasteiger partial charge in [-0.25, -0.2) is 0 Å². The number of aromatic hydroxyl groups is 1. The molecule has 0 aliphatic carbocycles. The summed E-state index contributed by atoms with van der Waals surface area (Å²) in [6.07, 6.45) is 0. The fourth-order valence-electron chi connectivity index (χ4n) is 2.41. The summed E-state index contributed by atoms with van der Waals surface area (Å²) >= 11 is 1.98. The third-order valence-corrected chi connectivity index (χ3v) is 4.55. The Labute approximate surface area is 117 Å². The van der Waals surface area contributed by atoms with Crippen LogP contribution in [0.3, 0.4) is 0 Å². The molecule has 2 aromatic rings. The third-order valence-electron chi connectivity index (χ3n) is 3.46. The van der Waals surface area contributed by atoms with Crippen molar-refractivity contribution in [3.63, 3.8) is 0 Å². The Kier molecular flexibility index (Phi) is 3.76. The molecule has 0 aromatic heterocycles. The molecule has 3 heteroatoms. The first kappa shape index (κ1) is 12.6. The van der Waals surface area contributed by atoms with Crippen molar-refractivity contribution in [3.8, 4) is 5.75 Å². The lowest BCUT2D eigenvalue weighted by atomic mass is 10.0. The SMILES string of the molecule is Oc1ccc(CNC2CSCc3ccccc32)cc1. The van der Waals surface area contributed by atoms with E-state index in [0.29, 0.717) is 11.8 Å². The molecular weight excluding hydrogens is 254 g/mol. The molecule has 0 bridgehead atoms. The Morgan fingerprint density at radius 3 is 2.74 bits per heavy atom. The zero-order valence-corrected chi connectivity index (χ0v) is 11.5. The number of phenolic OH excluding ortho intramolecular Hbond substituents is 1. The molecule has 0 fully saturated rings. The molecule has 2 N–H and O–H groups in total. The predicted octanol–water partition coefficient (Wildman–Crippen LogP) is 3.47. The zero-order chi connectivity index (χ0) is 13.1. The summed E-state index contributed by atoms with van der Waals surface area (Å²) in [5.74, 6) is 2.56. The molecule has 0 spiro atoms. The number of thioether (sulfide) groups is 1. The average molecular weight is 271 g/mol. The van der Waals surface area contributed by atoms with Crippen molar-refractivity contribution >= 4 is 11.8 Å². The van der Waals surface area contributed by atoms with Gasteiger partial charge in [0.1, 0.15) is 5.75 Å². The normalized spacial score (nSPS) is 18.0. The summed E-state index contributed by atoms with van der Waals surface area (Å²) in [7, 11) is 0. The van der Waals surface area contributed by atoms with Crippen LogP contribution < -0.4 is 5.32 Å². The maximum atomic E-state index is 9.28. The van der Waals surface area contributed by atoms with Gasteiger partial charge in [-0.05, 0) is 28.8 Å². The fourth-order valence-corrected chi connectivity index (χ4v) is 3.54. The lowest BCUT2D eigenvalue weighted by Gasteiger charge is -2.26. The Morgan fingerprint density at radius 2 is 1.89 bits per heavy atom. The van der Waals surface area contributed by atoms with Gasteiger partial charge in [0.2, 0.25) is 0 Å². The van der Waals surface area contributed by atoms with Crippen molar-refractivity contribution in [2.24, 2.45) is 0 Å². The van der Waals surface area contributed by atoms with Gasteiger partial charge >= 0.3 is 0 Å². The smallest absolute Gasteiger partial charge is 0.115 e. The van der Waals surface area contributed by atoms with Crippen LogP contribution in [0.2, 0.25) is 0 Å². The monoisotopic (exact) mass is 271 g/mol. The molecule has 1 heterocycles. The van der Waals surface area contributed by atoms with Gasteiger partial charge in [0.25, 0.3) is 0 Å². The molecule has 1 aliphatic heterocycles. The minimum atomic E-state index is 0.322. The van der Waals surface area contributed by atoms with E-state index in [9.17, 15) is 5.11 Å². The highest BCUT2D eigenvalue weighted by molar-refractivity contribution is 7.98. The Hall–Kier alpha value is -1.45. The van der Waals surface area contributed by atoms with Crippen LogP contribution in [0.1, 0.15) is 22.7 Å². The molecule has 0 radical (unpaired) electrons. The van der Waals surface area contributed by atoms with E-state index in [4.69, 9.17) is 0 Å². The topological polar surface area (TPSA) is 32.3 Å². The molecule has 0 saturated carbocycles. The van der Waals surface area contributed by atoms with Crippen LogP contribution in [0.5, 0.6) is 5.75 Å². The van der Waals surface area contributed by atoms with Gasteiger partial charge in [0.15, 0.2) is 0 Å². The van der Waals surface area contributed by atoms with Gasteiger partial charge < -0.3 is 10.4 Å². The molecule has 2 aromatic carbocycles. The standard InChI is InChI=1S/C16H17NOS/c18-14-7-5-12(6-8-14)9-17-16-11-19-10-13-3-1-2-4-15(13)16/h1-8,16-18H,9-11H2. The van der Waals surface area contributed by atoms with E-state index in [0.717, 1.165) is 18.1 Å². The Morgan fingerprint density at radius 1 is 1.11 bits per heavy atom. The van der Waals surface area contributed by atoms with Gasteiger partial charge in [-0.15, -0.1) is 0 Å². The van der Waals surface area contributed by atoms with Gasteiger partial charge in [-0.2, -0.15) is 11.8 Å². The van der Waals surface area contributed by atoms with Crippen LogP contribution in [0, 0.1) is 0 Å². The number of fused-ring (bicyclic) bond motifs is 1. The van der Waals surface area contributed by atoms with Crippen molar-refractivity contribution in [2.75, 3.05) is 5.75 Å². The summed E-state index contributed by atoms with van der Waals surface area (Å²) in [6.45, 7) is 0.833. The van der Waals surface area contributed by atoms with E-state index in [1.165, 1.54) is 16.7 Å². The highest BCUT2D eigenvalue weighted by Crippen LogP contribution is 2.31. The highest BCUT2D eigenvalue weighted by atomic mass is 32.2. The van der Waals surface area contributed by atoms with Crippen LogP contribution in [-0.2, 0) is 12.3 Å². The second-order valence-electron chi connectivity index (χ2n) is 4.81. The first-order valence-electron chi connectivity index (χ1n) is 6.50. The highest BCUT2D eigenvalue weighted by Gasteiger charge is 2.19. The zero-order valence-electron chi connectivity index (χ0n) is 10.7. The maximum Gasteiger partial charge on any atom is 0.115 e. The van der Waals surface area contributed by atoms with E-state index in [1.54, 1.807) is 12.1 Å². The van der Waals surface area contributed by atoms with Crippen molar-refractivity contribution in [1.29, 1.82) is 0 Å². The summed E-state index contributed by atoms with van der Waals surface area (Å²) in [5, 5.41) is 12.9. The lowest BCUT2D eigenvalue weighted by molar-refractivity contribution is 0.474. The van der Waals surface area contributed by atoms with Crippen molar-refractivity contribution < 1.29 is 5.11 Å². The Bertz CT molecular complexity index is 553. The third kappa shape index (κ3) is 2.94. The fraction of sp³-hybridized carbons (Fsp3) is 0.250. The number of rotatable bonds is 3. The second kappa shape index (κ2) is 5.68. The van der Waals surface area contributed by atoms with E-state index in [2.05, 4.69) is 29.6 Å². The molecule has 1 atom stereocenters. The summed E-state index contributed by atoms with van der Waals surface area (Å²) in [5.41, 5.74) is 4.08. The molecule has 3 rings (SSSR count). The summed E-state index contributed by atoms with van der Waals surface area (Å²) in [6, 6.07) is 16.5. The van der Waals surface area contributed by atoms with Crippen LogP contribution >= 0.6 is 11.8 Å². The minimum absolute atomic E-state index is 0.322. The van der Waals surface area contributed by atoms with Crippen molar-refractivity contribution in [2.45, 2.75) is 18.3 Å². The summed E-state index contributed by atoms with van der Waals surface area (Å²) in [4.78, 5) is 0. The summed E-state index contributed by atoms with van der Waals surface area (Å²) < 4.78 is 0. The molecule has 1 aliphatic rings. The molecular formula is C16H17NOS. The molecule has 2 nitrogen and oxygen atoms in total. The number of benzene rings is 2. The van der Waals surface area contributed by atoms with Crippen LogP contribution in [0.4, 0.5) is 0 Å². The minimum Gasteiger partial charge on any atom is -0.508 e. The van der Waals surface area contributed by atoms with Gasteiger partial charge in [0.05, 0.1) is 0 Å². The van der Waals surface area contributed by atoms with Crippen LogP contribution in [-0.4, -0.2) is 10.9 Å². The van der Waals surface area contributed by atoms with Crippen LogP contribution in [0.25, 0.3) is 0 Å². The molecule has 0 saturated heterocycles. The quantitative estimate of drug-likeness (QED) is 0.896. The largest absolute Gasteiger partial charge is 0.508 e. The van der Waals surface area contributed by atoms with E-state index in [1.807, 2.05) is 23.9 Å². The molecule has 0 amide bonds. The van der Waals surface area contributed by atoms with Crippen molar-refractivity contribution in [3.05, 3.63) is 65.2 Å². The second-order valence-corrected chi connectivity index (χ2v) is 5.84. The number of hydrogen-bond donors (Lipinski definition) is 2. The van der Waals surface area contributed by atoms with E-state index < -0.39 is 0 Å². The van der Waals surface area contributed by atoms with E-state index >= 15 is 0 Å².